The summed E-state index contributed by atoms with van der Waals surface area (Å²) in [4.78, 5) is 40.6. The first-order valence-electron chi connectivity index (χ1n) is 13.0. The molecule has 3 aromatic rings. The lowest BCUT2D eigenvalue weighted by atomic mass is 9.88. The maximum Gasteiger partial charge on any atom is 0.274 e. The van der Waals surface area contributed by atoms with E-state index in [4.69, 9.17) is 9.84 Å². The number of aryl methyl sites for hydroxylation is 1. The first-order valence-corrected chi connectivity index (χ1v) is 13.0. The third-order valence-electron chi connectivity index (χ3n) is 7.82. The number of Topliss-reactive ketones (excluding diaryl/α,β-unsaturated/α-hetero) is 1. The van der Waals surface area contributed by atoms with E-state index in [1.54, 1.807) is 25.1 Å². The van der Waals surface area contributed by atoms with E-state index < -0.39 is 6.10 Å². The summed E-state index contributed by atoms with van der Waals surface area (Å²) in [5.74, 6) is 0.171. The molecular formula is C29H30N4O4. The number of carbonyl (C=O) groups excluding carboxylic acids is 3. The molecule has 6 rings (SSSR count). The number of fused-ring (bicyclic) bond motifs is 2. The van der Waals surface area contributed by atoms with Crippen LogP contribution >= 0.6 is 0 Å². The van der Waals surface area contributed by atoms with Gasteiger partial charge in [-0.15, -0.1) is 0 Å². The Balaban J connectivity index is 1.16. The molecule has 1 atom stereocenters. The topological polar surface area (TPSA) is 93.5 Å². The maximum absolute atomic E-state index is 13.6. The molecule has 0 spiro atoms. The van der Waals surface area contributed by atoms with Gasteiger partial charge in [0.2, 0.25) is 0 Å². The van der Waals surface area contributed by atoms with Crippen molar-refractivity contribution in [1.29, 1.82) is 0 Å². The van der Waals surface area contributed by atoms with Crippen LogP contribution in [0.15, 0.2) is 42.5 Å². The largest absolute Gasteiger partial charge is 0.479 e. The fraction of sp³-hybridized carbons (Fsp3) is 0.379. The second-order valence-corrected chi connectivity index (χ2v) is 10.2. The van der Waals surface area contributed by atoms with Crippen LogP contribution in [0.25, 0.3) is 5.69 Å². The van der Waals surface area contributed by atoms with Gasteiger partial charge in [0.1, 0.15) is 5.75 Å². The van der Waals surface area contributed by atoms with E-state index in [0.717, 1.165) is 41.8 Å². The molecule has 0 radical (unpaired) electrons. The molecule has 1 unspecified atom stereocenters. The van der Waals surface area contributed by atoms with E-state index >= 15 is 0 Å². The predicted molar refractivity (Wildman–Crippen MR) is 138 cm³/mol. The number of ketones is 1. The van der Waals surface area contributed by atoms with Crippen LogP contribution in [0.3, 0.4) is 0 Å². The van der Waals surface area contributed by atoms with Gasteiger partial charge in [-0.25, -0.2) is 4.68 Å². The molecule has 2 amide bonds. The zero-order chi connectivity index (χ0) is 25.7. The van der Waals surface area contributed by atoms with Gasteiger partial charge >= 0.3 is 0 Å². The number of benzene rings is 2. The highest BCUT2D eigenvalue weighted by Gasteiger charge is 2.34. The van der Waals surface area contributed by atoms with E-state index in [9.17, 15) is 14.4 Å². The highest BCUT2D eigenvalue weighted by molar-refractivity contribution is 6.02. The molecule has 1 saturated heterocycles. The fourth-order valence-electron chi connectivity index (χ4n) is 5.70. The molecule has 37 heavy (non-hydrogen) atoms. The molecule has 8 nitrogen and oxygen atoms in total. The van der Waals surface area contributed by atoms with Gasteiger partial charge in [-0.1, -0.05) is 18.2 Å². The van der Waals surface area contributed by atoms with E-state index in [-0.39, 0.29) is 23.5 Å². The third-order valence-corrected chi connectivity index (χ3v) is 7.82. The Morgan fingerprint density at radius 2 is 1.86 bits per heavy atom. The van der Waals surface area contributed by atoms with Gasteiger partial charge in [-0.3, -0.25) is 14.4 Å². The zero-order valence-corrected chi connectivity index (χ0v) is 21.1. The highest BCUT2D eigenvalue weighted by atomic mass is 16.5. The fourth-order valence-corrected chi connectivity index (χ4v) is 5.70. The maximum atomic E-state index is 13.6. The number of hydrogen-bond acceptors (Lipinski definition) is 5. The summed E-state index contributed by atoms with van der Waals surface area (Å²) in [7, 11) is 0. The summed E-state index contributed by atoms with van der Waals surface area (Å²) in [6.07, 6.45) is 3.46. The van der Waals surface area contributed by atoms with E-state index in [2.05, 4.69) is 18.3 Å². The number of para-hydroxylation sites is 1. The summed E-state index contributed by atoms with van der Waals surface area (Å²) in [6, 6.07) is 13.3. The first kappa shape index (κ1) is 23.5. The lowest BCUT2D eigenvalue weighted by Gasteiger charge is -2.31. The third kappa shape index (κ3) is 4.10. The Labute approximate surface area is 215 Å². The van der Waals surface area contributed by atoms with E-state index in [1.807, 2.05) is 27.8 Å². The molecule has 1 fully saturated rings. The van der Waals surface area contributed by atoms with Crippen LogP contribution < -0.4 is 10.1 Å². The van der Waals surface area contributed by atoms with Crippen molar-refractivity contribution in [3.8, 4) is 11.4 Å². The molecule has 2 aliphatic heterocycles. The van der Waals surface area contributed by atoms with Gasteiger partial charge in [0, 0.05) is 35.8 Å². The predicted octanol–water partition coefficient (Wildman–Crippen LogP) is 4.12. The van der Waals surface area contributed by atoms with Crippen molar-refractivity contribution >= 4 is 23.3 Å². The van der Waals surface area contributed by atoms with Crippen LogP contribution in [0, 0.1) is 12.8 Å². The Morgan fingerprint density at radius 1 is 1.08 bits per heavy atom. The highest BCUT2D eigenvalue weighted by Crippen LogP contribution is 2.33. The lowest BCUT2D eigenvalue weighted by molar-refractivity contribution is -0.122. The Hall–Kier alpha value is -3.94. The second kappa shape index (κ2) is 9.18. The second-order valence-electron chi connectivity index (χ2n) is 10.2. The first-order chi connectivity index (χ1) is 17.9. The molecule has 1 N–H and O–H groups in total. The quantitative estimate of drug-likeness (QED) is 0.546. The molecule has 1 aliphatic carbocycles. The van der Waals surface area contributed by atoms with Gasteiger partial charge < -0.3 is 15.0 Å². The zero-order valence-electron chi connectivity index (χ0n) is 21.1. The van der Waals surface area contributed by atoms with Gasteiger partial charge in [-0.2, -0.15) is 5.10 Å². The number of piperidine rings is 1. The molecule has 0 bridgehead atoms. The van der Waals surface area contributed by atoms with Gasteiger partial charge in [0.15, 0.2) is 17.6 Å². The number of ether oxygens (including phenoxy) is 1. The smallest absolute Gasteiger partial charge is 0.274 e. The van der Waals surface area contributed by atoms with Crippen LogP contribution in [-0.4, -0.2) is 51.5 Å². The van der Waals surface area contributed by atoms with Crippen molar-refractivity contribution in [3.05, 3.63) is 70.5 Å². The SMILES string of the molecule is Cc1ccccc1-n1nc(C(=O)N2CCC(C(=O)c3ccc4c(c3)NC(=O)C(C)O4)CC2)c2c1CCC2. The summed E-state index contributed by atoms with van der Waals surface area (Å²) < 4.78 is 7.56. The van der Waals surface area contributed by atoms with Crippen LogP contribution in [0.5, 0.6) is 5.75 Å². The number of aromatic nitrogens is 2. The molecule has 8 heteroatoms. The number of hydrogen-bond donors (Lipinski definition) is 1. The average Bonchev–Trinajstić information content (AvgIpc) is 3.52. The van der Waals surface area contributed by atoms with Crippen LogP contribution in [0.2, 0.25) is 0 Å². The summed E-state index contributed by atoms with van der Waals surface area (Å²) in [5, 5.41) is 7.61. The minimum Gasteiger partial charge on any atom is -0.479 e. The van der Waals surface area contributed by atoms with Crippen LogP contribution in [-0.2, 0) is 17.6 Å². The summed E-state index contributed by atoms with van der Waals surface area (Å²) in [5.41, 5.74) is 5.99. The average molecular weight is 499 g/mol. The molecule has 190 valence electrons. The Morgan fingerprint density at radius 3 is 2.65 bits per heavy atom. The number of anilines is 1. The number of amides is 2. The summed E-state index contributed by atoms with van der Waals surface area (Å²) >= 11 is 0. The normalized spacial score (nSPS) is 19.1. The Bertz CT molecular complexity index is 1420. The van der Waals surface area contributed by atoms with Crippen molar-refractivity contribution in [3.63, 3.8) is 0 Å². The minimum absolute atomic E-state index is 0.0347. The number of nitrogens with one attached hydrogen (secondary N) is 1. The van der Waals surface area contributed by atoms with Crippen molar-refractivity contribution in [2.24, 2.45) is 5.92 Å². The molecule has 3 aliphatic rings. The molecule has 2 aromatic carbocycles. The van der Waals surface area contributed by atoms with E-state index in [1.165, 1.54) is 0 Å². The molecular weight excluding hydrogens is 468 g/mol. The van der Waals surface area contributed by atoms with Gasteiger partial charge in [0.05, 0.1) is 11.4 Å². The van der Waals surface area contributed by atoms with E-state index in [0.29, 0.717) is 48.6 Å². The molecule has 0 saturated carbocycles. The minimum atomic E-state index is -0.555. The number of likely N-dealkylation sites (tertiary alicyclic amines) is 1. The number of nitrogens with zero attached hydrogens (tertiary/aromatic N) is 3. The summed E-state index contributed by atoms with van der Waals surface area (Å²) in [6.45, 7) is 4.78. The van der Waals surface area contributed by atoms with Crippen molar-refractivity contribution < 1.29 is 19.1 Å². The van der Waals surface area contributed by atoms with Crippen molar-refractivity contribution in [2.45, 2.75) is 52.1 Å². The van der Waals surface area contributed by atoms with Crippen molar-refractivity contribution in [2.75, 3.05) is 18.4 Å². The molecule has 1 aromatic heterocycles. The number of carbonyl (C=O) groups is 3. The van der Waals surface area contributed by atoms with Crippen molar-refractivity contribution in [1.82, 2.24) is 14.7 Å². The van der Waals surface area contributed by atoms with Gasteiger partial charge in [0.25, 0.3) is 11.8 Å². The standard InChI is InChI=1S/C29H30N4O4/c1-17-6-3-4-8-23(17)33-24-9-5-7-21(24)26(31-33)29(36)32-14-12-19(13-15-32)27(34)20-10-11-25-22(16-20)30-28(35)18(2)37-25/h3-4,6,8,10-11,16,18-19H,5,7,9,12-15H2,1-2H3,(H,30,35). The lowest BCUT2D eigenvalue weighted by Crippen LogP contribution is -2.40. The van der Waals surface area contributed by atoms with Crippen LogP contribution in [0.1, 0.15) is 63.9 Å². The number of rotatable bonds is 4. The monoisotopic (exact) mass is 498 g/mol. The van der Waals surface area contributed by atoms with Gasteiger partial charge in [-0.05, 0) is 75.8 Å². The van der Waals surface area contributed by atoms with Crippen LogP contribution in [0.4, 0.5) is 5.69 Å². The Kier molecular flexibility index (Phi) is 5.82. The molecule has 3 heterocycles.